The molecular weight excluding hydrogens is 238 g/mol. The Bertz CT molecular complexity index is 454. The second-order valence-corrected chi connectivity index (χ2v) is 5.47. The summed E-state index contributed by atoms with van der Waals surface area (Å²) in [5.74, 6) is -0.153. The number of hydrogen-bond donors (Lipinski definition) is 0. The summed E-state index contributed by atoms with van der Waals surface area (Å²) in [6.07, 6.45) is 0.359. The Balaban J connectivity index is 3.18. The van der Waals surface area contributed by atoms with Gasteiger partial charge in [-0.05, 0) is 52.9 Å². The summed E-state index contributed by atoms with van der Waals surface area (Å²) in [4.78, 5) is 14.0. The van der Waals surface area contributed by atoms with E-state index in [0.29, 0.717) is 13.0 Å². The van der Waals surface area contributed by atoms with E-state index in [2.05, 4.69) is 43.9 Å². The Kier molecular flexibility index (Phi) is 5.12. The fraction of sp³-hybridized carbons (Fsp3) is 0.562. The topological polar surface area (TPSA) is 29.5 Å². The Morgan fingerprint density at radius 3 is 2.47 bits per heavy atom. The third-order valence-electron chi connectivity index (χ3n) is 3.75. The van der Waals surface area contributed by atoms with Gasteiger partial charge < -0.3 is 4.74 Å². The summed E-state index contributed by atoms with van der Waals surface area (Å²) < 4.78 is 5.11. The zero-order chi connectivity index (χ0) is 14.6. The van der Waals surface area contributed by atoms with Crippen molar-refractivity contribution in [3.8, 4) is 0 Å². The van der Waals surface area contributed by atoms with Crippen LogP contribution < -0.4 is 0 Å². The van der Waals surface area contributed by atoms with Crippen LogP contribution in [0.4, 0.5) is 0 Å². The molecule has 1 unspecified atom stereocenters. The summed E-state index contributed by atoms with van der Waals surface area (Å²) in [7, 11) is 4.00. The second kappa shape index (κ2) is 6.20. The van der Waals surface area contributed by atoms with Crippen LogP contribution in [0.3, 0.4) is 0 Å². The van der Waals surface area contributed by atoms with Crippen molar-refractivity contribution < 1.29 is 9.53 Å². The Hall–Kier alpha value is -1.35. The van der Waals surface area contributed by atoms with Crippen LogP contribution in [-0.4, -0.2) is 31.6 Å². The fourth-order valence-electron chi connectivity index (χ4n) is 2.30. The van der Waals surface area contributed by atoms with E-state index >= 15 is 0 Å². The summed E-state index contributed by atoms with van der Waals surface area (Å²) in [6.45, 7) is 8.51. The third-order valence-corrected chi connectivity index (χ3v) is 3.75. The molecule has 0 aromatic heterocycles. The molecule has 0 N–H and O–H groups in total. The van der Waals surface area contributed by atoms with Gasteiger partial charge in [0.2, 0.25) is 0 Å². The minimum atomic E-state index is -0.345. The van der Waals surface area contributed by atoms with Gasteiger partial charge in [-0.3, -0.25) is 9.69 Å². The highest BCUT2D eigenvalue weighted by atomic mass is 16.5. The maximum Gasteiger partial charge on any atom is 0.307 e. The SMILES string of the molecule is CCOC(=O)CC(C)(c1cc(C)ccc1C)N(C)C. The van der Waals surface area contributed by atoms with Gasteiger partial charge in [-0.25, -0.2) is 0 Å². The Labute approximate surface area is 116 Å². The van der Waals surface area contributed by atoms with Crippen LogP contribution in [0.2, 0.25) is 0 Å². The smallest absolute Gasteiger partial charge is 0.307 e. The lowest BCUT2D eigenvalue weighted by molar-refractivity contribution is -0.146. The molecule has 1 aromatic carbocycles. The maximum atomic E-state index is 11.9. The third kappa shape index (κ3) is 3.57. The molecule has 1 atom stereocenters. The van der Waals surface area contributed by atoms with E-state index in [9.17, 15) is 4.79 Å². The molecule has 1 aromatic rings. The minimum absolute atomic E-state index is 0.153. The molecule has 0 spiro atoms. The van der Waals surface area contributed by atoms with Crippen LogP contribution >= 0.6 is 0 Å². The van der Waals surface area contributed by atoms with Gasteiger partial charge >= 0.3 is 5.97 Å². The molecule has 19 heavy (non-hydrogen) atoms. The van der Waals surface area contributed by atoms with Crippen LogP contribution in [-0.2, 0) is 15.1 Å². The first kappa shape index (κ1) is 15.7. The maximum absolute atomic E-state index is 11.9. The Morgan fingerprint density at radius 1 is 1.32 bits per heavy atom. The van der Waals surface area contributed by atoms with Crippen molar-refractivity contribution in [3.63, 3.8) is 0 Å². The first-order valence-electron chi connectivity index (χ1n) is 6.72. The van der Waals surface area contributed by atoms with Crippen molar-refractivity contribution >= 4 is 5.97 Å². The van der Waals surface area contributed by atoms with E-state index in [0.717, 1.165) is 0 Å². The van der Waals surface area contributed by atoms with Crippen molar-refractivity contribution in [2.75, 3.05) is 20.7 Å². The summed E-state index contributed by atoms with van der Waals surface area (Å²) in [5.41, 5.74) is 3.25. The number of carbonyl (C=O) groups excluding carboxylic acids is 1. The van der Waals surface area contributed by atoms with Crippen LogP contribution in [0.15, 0.2) is 18.2 Å². The quantitative estimate of drug-likeness (QED) is 0.765. The molecule has 0 bridgehead atoms. The molecule has 0 radical (unpaired) electrons. The molecule has 0 amide bonds. The molecule has 1 rings (SSSR count). The Morgan fingerprint density at radius 2 is 1.95 bits per heavy atom. The number of ether oxygens (including phenoxy) is 1. The predicted molar refractivity (Wildman–Crippen MR) is 78.2 cm³/mol. The summed E-state index contributed by atoms with van der Waals surface area (Å²) in [5, 5.41) is 0. The number of nitrogens with zero attached hydrogens (tertiary/aromatic N) is 1. The highest BCUT2D eigenvalue weighted by molar-refractivity contribution is 5.71. The normalized spacial score (nSPS) is 14.3. The first-order chi connectivity index (χ1) is 8.81. The molecule has 0 aliphatic rings. The van der Waals surface area contributed by atoms with Gasteiger partial charge in [-0.15, -0.1) is 0 Å². The predicted octanol–water partition coefficient (Wildman–Crippen LogP) is 3.03. The van der Waals surface area contributed by atoms with E-state index in [1.54, 1.807) is 0 Å². The molecule has 106 valence electrons. The first-order valence-corrected chi connectivity index (χ1v) is 6.72. The van der Waals surface area contributed by atoms with Crippen molar-refractivity contribution in [2.24, 2.45) is 0 Å². The summed E-state index contributed by atoms with van der Waals surface area (Å²) >= 11 is 0. The lowest BCUT2D eigenvalue weighted by Crippen LogP contribution is -2.41. The average molecular weight is 263 g/mol. The molecule has 0 saturated carbocycles. The van der Waals surface area contributed by atoms with Gasteiger partial charge in [0.05, 0.1) is 18.6 Å². The highest BCUT2D eigenvalue weighted by Crippen LogP contribution is 2.33. The van der Waals surface area contributed by atoms with E-state index < -0.39 is 0 Å². The molecule has 0 aliphatic heterocycles. The van der Waals surface area contributed by atoms with Gasteiger partial charge in [0.25, 0.3) is 0 Å². The number of carbonyl (C=O) groups is 1. The van der Waals surface area contributed by atoms with Gasteiger partial charge in [0.1, 0.15) is 0 Å². The molecule has 0 heterocycles. The van der Waals surface area contributed by atoms with Gasteiger partial charge in [-0.2, -0.15) is 0 Å². The molecule has 3 nitrogen and oxygen atoms in total. The lowest BCUT2D eigenvalue weighted by atomic mass is 9.83. The van der Waals surface area contributed by atoms with Gasteiger partial charge in [0, 0.05) is 0 Å². The zero-order valence-electron chi connectivity index (χ0n) is 12.9. The standard InChI is InChI=1S/C16H25NO2/c1-7-19-15(18)11-16(4,17(5)6)14-10-12(2)8-9-13(14)3/h8-10H,7,11H2,1-6H3. The molecule has 3 heteroatoms. The number of benzene rings is 1. The molecule has 0 fully saturated rings. The number of esters is 1. The van der Waals surface area contributed by atoms with Crippen LogP contribution in [0.1, 0.15) is 37.0 Å². The molecule has 0 aliphatic carbocycles. The highest BCUT2D eigenvalue weighted by Gasteiger charge is 2.33. The number of rotatable bonds is 5. The van der Waals surface area contributed by atoms with Crippen molar-refractivity contribution in [1.29, 1.82) is 0 Å². The van der Waals surface area contributed by atoms with Crippen LogP contribution in [0.5, 0.6) is 0 Å². The van der Waals surface area contributed by atoms with Crippen molar-refractivity contribution in [1.82, 2.24) is 4.90 Å². The minimum Gasteiger partial charge on any atom is -0.466 e. The number of aryl methyl sites for hydroxylation is 2. The van der Waals surface area contributed by atoms with Crippen LogP contribution in [0, 0.1) is 13.8 Å². The second-order valence-electron chi connectivity index (χ2n) is 5.47. The van der Waals surface area contributed by atoms with Crippen molar-refractivity contribution in [2.45, 2.75) is 39.7 Å². The number of hydrogen-bond acceptors (Lipinski definition) is 3. The van der Waals surface area contributed by atoms with Crippen molar-refractivity contribution in [3.05, 3.63) is 34.9 Å². The average Bonchev–Trinajstić information content (AvgIpc) is 2.32. The van der Waals surface area contributed by atoms with Gasteiger partial charge in [0.15, 0.2) is 0 Å². The zero-order valence-corrected chi connectivity index (χ0v) is 12.9. The van der Waals surface area contributed by atoms with Gasteiger partial charge in [-0.1, -0.05) is 23.8 Å². The van der Waals surface area contributed by atoms with E-state index in [-0.39, 0.29) is 11.5 Å². The van der Waals surface area contributed by atoms with E-state index in [4.69, 9.17) is 4.74 Å². The lowest BCUT2D eigenvalue weighted by Gasteiger charge is -2.37. The van der Waals surface area contributed by atoms with E-state index in [1.165, 1.54) is 16.7 Å². The van der Waals surface area contributed by atoms with E-state index in [1.807, 2.05) is 21.0 Å². The largest absolute Gasteiger partial charge is 0.466 e. The molecule has 0 saturated heterocycles. The fourth-order valence-corrected chi connectivity index (χ4v) is 2.30. The molecular formula is C16H25NO2. The summed E-state index contributed by atoms with van der Waals surface area (Å²) in [6, 6.07) is 6.37. The monoisotopic (exact) mass is 263 g/mol. The van der Waals surface area contributed by atoms with Crippen LogP contribution in [0.25, 0.3) is 0 Å².